The van der Waals surface area contributed by atoms with Crippen LogP contribution < -0.4 is 0 Å². The second kappa shape index (κ2) is 10.5. The first-order valence-corrected chi connectivity index (χ1v) is 8.68. The molecule has 1 aliphatic rings. The molecule has 0 aromatic rings. The van der Waals surface area contributed by atoms with Crippen LogP contribution in [0.4, 0.5) is 0 Å². The summed E-state index contributed by atoms with van der Waals surface area (Å²) in [4.78, 5) is 0. The highest BCUT2D eigenvalue weighted by Crippen LogP contribution is 2.26. The first-order chi connectivity index (χ1) is 10.0. The Kier molecular flexibility index (Phi) is 9.49. The van der Waals surface area contributed by atoms with Gasteiger partial charge in [-0.15, -0.1) is 0 Å². The van der Waals surface area contributed by atoms with Crippen LogP contribution >= 0.6 is 0 Å². The average Bonchev–Trinajstić information content (AvgIpc) is 3.22. The van der Waals surface area contributed by atoms with E-state index in [1.165, 1.54) is 39.0 Å². The third-order valence-corrected chi connectivity index (χ3v) is 4.23. The molecule has 0 amide bonds. The van der Waals surface area contributed by atoms with Crippen molar-refractivity contribution >= 4 is 0 Å². The highest BCUT2D eigenvalue weighted by atomic mass is 16.6. The topological polar surface area (TPSA) is 62.2 Å². The van der Waals surface area contributed by atoms with Gasteiger partial charge in [-0.25, -0.2) is 0 Å². The van der Waals surface area contributed by atoms with Gasteiger partial charge in [-0.3, -0.25) is 0 Å². The molecule has 0 aliphatic carbocycles. The van der Waals surface area contributed by atoms with Gasteiger partial charge in [0, 0.05) is 12.5 Å². The molecular weight excluding hydrogens is 268 g/mol. The van der Waals surface area contributed by atoms with Gasteiger partial charge < -0.3 is 19.7 Å². The summed E-state index contributed by atoms with van der Waals surface area (Å²) in [5, 5.41) is 19.7. The monoisotopic (exact) mass is 302 g/mol. The van der Waals surface area contributed by atoms with Gasteiger partial charge in [0.1, 0.15) is 6.10 Å². The predicted molar refractivity (Wildman–Crippen MR) is 84.1 cm³/mol. The van der Waals surface area contributed by atoms with Crippen molar-refractivity contribution < 1.29 is 19.7 Å². The first-order valence-electron chi connectivity index (χ1n) is 8.68. The second-order valence-corrected chi connectivity index (χ2v) is 6.52. The van der Waals surface area contributed by atoms with Crippen molar-refractivity contribution in [1.82, 2.24) is 0 Å². The summed E-state index contributed by atoms with van der Waals surface area (Å²) in [5.41, 5.74) is 0. The predicted octanol–water partition coefficient (Wildman–Crippen LogP) is 3.25. The summed E-state index contributed by atoms with van der Waals surface area (Å²) in [6.45, 7) is 5.91. The van der Waals surface area contributed by atoms with Gasteiger partial charge in [0.2, 0.25) is 0 Å². The molecule has 4 heteroatoms. The van der Waals surface area contributed by atoms with Crippen molar-refractivity contribution in [3.8, 4) is 0 Å². The lowest BCUT2D eigenvalue weighted by molar-refractivity contribution is -0.189. The lowest BCUT2D eigenvalue weighted by Gasteiger charge is -2.28. The zero-order chi connectivity index (χ0) is 15.6. The Bertz CT molecular complexity index is 246. The number of rotatable bonds is 14. The zero-order valence-corrected chi connectivity index (χ0v) is 13.9. The smallest absolute Gasteiger partial charge is 0.162 e. The molecule has 2 N–H and O–H groups in total. The van der Waals surface area contributed by atoms with Crippen LogP contribution in [0.2, 0.25) is 0 Å². The molecule has 0 aromatic carbocycles. The number of epoxide rings is 1. The molecule has 2 unspecified atom stereocenters. The SMILES string of the molecule is CCCCCCCCC(CCCOCC1CO1)C(C)(O)O. The Hall–Kier alpha value is -0.160. The molecule has 1 aliphatic heterocycles. The van der Waals surface area contributed by atoms with Gasteiger partial charge in [-0.2, -0.15) is 0 Å². The van der Waals surface area contributed by atoms with E-state index in [1.54, 1.807) is 0 Å². The van der Waals surface area contributed by atoms with Gasteiger partial charge in [-0.1, -0.05) is 45.4 Å². The third kappa shape index (κ3) is 10.2. The molecular formula is C17H34O4. The molecule has 1 heterocycles. The summed E-state index contributed by atoms with van der Waals surface area (Å²) in [7, 11) is 0. The van der Waals surface area contributed by atoms with E-state index in [2.05, 4.69) is 6.92 Å². The van der Waals surface area contributed by atoms with E-state index in [4.69, 9.17) is 9.47 Å². The normalized spacial score (nSPS) is 19.7. The lowest BCUT2D eigenvalue weighted by atomic mass is 9.89. The second-order valence-electron chi connectivity index (χ2n) is 6.52. The van der Waals surface area contributed by atoms with E-state index in [9.17, 15) is 10.2 Å². The molecule has 21 heavy (non-hydrogen) atoms. The Morgan fingerprint density at radius 2 is 1.71 bits per heavy atom. The number of ether oxygens (including phenoxy) is 2. The van der Waals surface area contributed by atoms with Gasteiger partial charge in [0.15, 0.2) is 5.79 Å². The van der Waals surface area contributed by atoms with Crippen LogP contribution in [-0.2, 0) is 9.47 Å². The first kappa shape index (κ1) is 18.9. The van der Waals surface area contributed by atoms with Gasteiger partial charge in [0.05, 0.1) is 13.2 Å². The molecule has 1 saturated heterocycles. The number of unbranched alkanes of at least 4 members (excludes halogenated alkanes) is 5. The van der Waals surface area contributed by atoms with E-state index >= 15 is 0 Å². The fourth-order valence-corrected chi connectivity index (χ4v) is 2.67. The molecule has 0 bridgehead atoms. The lowest BCUT2D eigenvalue weighted by Crippen LogP contribution is -2.34. The quantitative estimate of drug-likeness (QED) is 0.294. The largest absolute Gasteiger partial charge is 0.379 e. The summed E-state index contributed by atoms with van der Waals surface area (Å²) < 4.78 is 10.6. The van der Waals surface area contributed by atoms with Crippen LogP contribution in [-0.4, -0.2) is 41.9 Å². The van der Waals surface area contributed by atoms with Gasteiger partial charge in [-0.05, 0) is 26.2 Å². The number of hydrogen-bond donors (Lipinski definition) is 2. The fraction of sp³-hybridized carbons (Fsp3) is 1.00. The summed E-state index contributed by atoms with van der Waals surface area (Å²) in [6.07, 6.45) is 10.3. The Labute approximate surface area is 129 Å². The van der Waals surface area contributed by atoms with E-state index in [0.29, 0.717) is 19.3 Å². The van der Waals surface area contributed by atoms with E-state index in [0.717, 1.165) is 32.3 Å². The Morgan fingerprint density at radius 1 is 1.10 bits per heavy atom. The number of aliphatic hydroxyl groups is 2. The molecule has 0 spiro atoms. The van der Waals surface area contributed by atoms with Crippen molar-refractivity contribution in [3.63, 3.8) is 0 Å². The summed E-state index contributed by atoms with van der Waals surface area (Å²) in [5.74, 6) is -1.62. The third-order valence-electron chi connectivity index (χ3n) is 4.23. The molecule has 1 rings (SSSR count). The Balaban J connectivity index is 2.06. The number of hydrogen-bond acceptors (Lipinski definition) is 4. The van der Waals surface area contributed by atoms with Crippen molar-refractivity contribution in [2.75, 3.05) is 19.8 Å². The molecule has 4 nitrogen and oxygen atoms in total. The highest BCUT2D eigenvalue weighted by molar-refractivity contribution is 4.72. The van der Waals surface area contributed by atoms with Crippen LogP contribution in [0.25, 0.3) is 0 Å². The molecule has 0 aromatic heterocycles. The van der Waals surface area contributed by atoms with E-state index in [-0.39, 0.29) is 5.92 Å². The van der Waals surface area contributed by atoms with Crippen LogP contribution in [0.15, 0.2) is 0 Å². The zero-order valence-electron chi connectivity index (χ0n) is 13.9. The summed E-state index contributed by atoms with van der Waals surface area (Å²) >= 11 is 0. The molecule has 0 radical (unpaired) electrons. The molecule has 0 saturated carbocycles. The molecule has 1 fully saturated rings. The van der Waals surface area contributed by atoms with Crippen molar-refractivity contribution in [1.29, 1.82) is 0 Å². The minimum atomic E-state index is -1.57. The van der Waals surface area contributed by atoms with Crippen LogP contribution in [0.1, 0.15) is 71.6 Å². The van der Waals surface area contributed by atoms with Crippen molar-refractivity contribution in [3.05, 3.63) is 0 Å². The maximum absolute atomic E-state index is 9.87. The maximum atomic E-state index is 9.87. The van der Waals surface area contributed by atoms with Crippen LogP contribution in [0.5, 0.6) is 0 Å². The van der Waals surface area contributed by atoms with E-state index < -0.39 is 5.79 Å². The minimum Gasteiger partial charge on any atom is -0.379 e. The molecule has 126 valence electrons. The van der Waals surface area contributed by atoms with Crippen LogP contribution in [0, 0.1) is 5.92 Å². The Morgan fingerprint density at radius 3 is 2.33 bits per heavy atom. The van der Waals surface area contributed by atoms with E-state index in [1.807, 2.05) is 0 Å². The average molecular weight is 302 g/mol. The fourth-order valence-electron chi connectivity index (χ4n) is 2.67. The molecule has 2 atom stereocenters. The highest BCUT2D eigenvalue weighted by Gasteiger charge is 2.28. The maximum Gasteiger partial charge on any atom is 0.162 e. The van der Waals surface area contributed by atoms with Crippen molar-refractivity contribution in [2.24, 2.45) is 5.92 Å². The standard InChI is InChI=1S/C17H34O4/c1-3-4-5-6-7-8-10-15(17(2,18)19)11-9-12-20-13-16-14-21-16/h15-16,18-19H,3-14H2,1-2H3. The van der Waals surface area contributed by atoms with Crippen molar-refractivity contribution in [2.45, 2.75) is 83.5 Å². The van der Waals surface area contributed by atoms with Gasteiger partial charge >= 0.3 is 0 Å². The minimum absolute atomic E-state index is 0.0514. The van der Waals surface area contributed by atoms with Gasteiger partial charge in [0.25, 0.3) is 0 Å². The van der Waals surface area contributed by atoms with Crippen LogP contribution in [0.3, 0.4) is 0 Å². The summed E-state index contributed by atoms with van der Waals surface area (Å²) in [6, 6.07) is 0.